The highest BCUT2D eigenvalue weighted by Crippen LogP contribution is 2.32. The minimum atomic E-state index is -4.57. The van der Waals surface area contributed by atoms with E-state index < -0.39 is 17.6 Å². The maximum atomic E-state index is 12.6. The molecule has 2 rings (SSSR count). The minimum absolute atomic E-state index is 0.0213. The molecule has 0 atom stereocenters. The van der Waals surface area contributed by atoms with E-state index in [1.807, 2.05) is 0 Å². The second kappa shape index (κ2) is 5.65. The molecule has 0 aliphatic rings. The Bertz CT molecular complexity index is 778. The Balaban J connectivity index is 2.47. The Labute approximate surface area is 127 Å². The van der Waals surface area contributed by atoms with Crippen LogP contribution < -0.4 is 5.32 Å². The van der Waals surface area contributed by atoms with Gasteiger partial charge in [-0.05, 0) is 6.07 Å². The van der Waals surface area contributed by atoms with Crippen molar-refractivity contribution in [1.82, 2.24) is 14.8 Å². The molecule has 114 valence electrons. The van der Waals surface area contributed by atoms with E-state index in [9.17, 15) is 18.0 Å². The highest BCUT2D eigenvalue weighted by atomic mass is 35.5. The average Bonchev–Trinajstić information content (AvgIpc) is 2.79. The first-order valence-corrected chi connectivity index (χ1v) is 6.10. The van der Waals surface area contributed by atoms with E-state index in [0.29, 0.717) is 12.3 Å². The molecule has 0 fully saturated rings. The van der Waals surface area contributed by atoms with Crippen molar-refractivity contribution >= 4 is 23.3 Å². The number of hydrogen-bond donors (Lipinski definition) is 1. The molecule has 0 aromatic carbocycles. The summed E-state index contributed by atoms with van der Waals surface area (Å²) in [6.07, 6.45) is -2.77. The molecular weight excluding hydrogens is 323 g/mol. The molecule has 10 heteroatoms. The number of aromatic nitrogens is 3. The quantitative estimate of drug-likeness (QED) is 0.918. The molecule has 0 bridgehead atoms. The van der Waals surface area contributed by atoms with Gasteiger partial charge < -0.3 is 5.32 Å². The standard InChI is InChI=1S/C12H7ClF3N5O/c1-6(22)19-10-7(3-17)5-21(20-10)11-9(13)2-8(4-18-11)12(14,15)16/h2,4-5H,1H3,(H,19,20,22). The molecule has 0 spiro atoms. The van der Waals surface area contributed by atoms with Gasteiger partial charge in [0.15, 0.2) is 11.6 Å². The van der Waals surface area contributed by atoms with Gasteiger partial charge in [0.05, 0.1) is 16.8 Å². The fourth-order valence-electron chi connectivity index (χ4n) is 1.58. The predicted octanol–water partition coefficient (Wildman–Crippen LogP) is 2.77. The number of carbonyl (C=O) groups excluding carboxylic acids is 1. The lowest BCUT2D eigenvalue weighted by Crippen LogP contribution is -2.09. The normalized spacial score (nSPS) is 11.1. The second-order valence-electron chi connectivity index (χ2n) is 4.16. The Morgan fingerprint density at radius 2 is 2.18 bits per heavy atom. The lowest BCUT2D eigenvalue weighted by Gasteiger charge is -2.08. The van der Waals surface area contributed by atoms with Crippen molar-refractivity contribution in [3.63, 3.8) is 0 Å². The number of anilines is 1. The van der Waals surface area contributed by atoms with Crippen LogP contribution in [0.1, 0.15) is 18.1 Å². The molecule has 6 nitrogen and oxygen atoms in total. The molecule has 0 saturated carbocycles. The maximum Gasteiger partial charge on any atom is 0.417 e. The van der Waals surface area contributed by atoms with Gasteiger partial charge in [0.1, 0.15) is 11.6 Å². The third-order valence-corrected chi connectivity index (χ3v) is 2.77. The van der Waals surface area contributed by atoms with Crippen molar-refractivity contribution in [3.8, 4) is 11.9 Å². The van der Waals surface area contributed by atoms with Crippen molar-refractivity contribution in [2.24, 2.45) is 0 Å². The van der Waals surface area contributed by atoms with Gasteiger partial charge in [-0.25, -0.2) is 9.67 Å². The van der Waals surface area contributed by atoms with Gasteiger partial charge in [-0.2, -0.15) is 18.4 Å². The number of hydrogen-bond acceptors (Lipinski definition) is 4. The van der Waals surface area contributed by atoms with Crippen LogP contribution in [0.2, 0.25) is 5.02 Å². The summed E-state index contributed by atoms with van der Waals surface area (Å²) >= 11 is 5.79. The largest absolute Gasteiger partial charge is 0.417 e. The van der Waals surface area contributed by atoms with Crippen molar-refractivity contribution < 1.29 is 18.0 Å². The van der Waals surface area contributed by atoms with Gasteiger partial charge in [-0.1, -0.05) is 11.6 Å². The summed E-state index contributed by atoms with van der Waals surface area (Å²) < 4.78 is 38.7. The smallest absolute Gasteiger partial charge is 0.308 e. The van der Waals surface area contributed by atoms with Crippen LogP contribution in [0.25, 0.3) is 5.82 Å². The number of carbonyl (C=O) groups is 1. The van der Waals surface area contributed by atoms with Crippen LogP contribution in [0.15, 0.2) is 18.5 Å². The molecule has 2 aromatic heterocycles. The van der Waals surface area contributed by atoms with E-state index in [-0.39, 0.29) is 22.2 Å². The van der Waals surface area contributed by atoms with Crippen LogP contribution in [-0.2, 0) is 11.0 Å². The van der Waals surface area contributed by atoms with Crippen LogP contribution in [0.5, 0.6) is 0 Å². The van der Waals surface area contributed by atoms with Crippen LogP contribution >= 0.6 is 11.6 Å². The highest BCUT2D eigenvalue weighted by Gasteiger charge is 2.31. The third-order valence-electron chi connectivity index (χ3n) is 2.50. The van der Waals surface area contributed by atoms with Gasteiger partial charge in [0.25, 0.3) is 0 Å². The Morgan fingerprint density at radius 1 is 1.50 bits per heavy atom. The molecule has 1 N–H and O–H groups in total. The van der Waals surface area contributed by atoms with Gasteiger partial charge in [-0.15, -0.1) is 5.10 Å². The SMILES string of the molecule is CC(=O)Nc1nn(-c2ncc(C(F)(F)F)cc2Cl)cc1C#N. The third kappa shape index (κ3) is 3.17. The fourth-order valence-corrected chi connectivity index (χ4v) is 1.83. The lowest BCUT2D eigenvalue weighted by atomic mass is 10.3. The number of nitrogens with one attached hydrogen (secondary N) is 1. The molecule has 0 aliphatic heterocycles. The fraction of sp³-hybridized carbons (Fsp3) is 0.167. The summed E-state index contributed by atoms with van der Waals surface area (Å²) in [5, 5.41) is 14.9. The first-order chi connectivity index (χ1) is 10.2. The molecule has 0 saturated heterocycles. The Hall–Kier alpha value is -2.60. The number of nitriles is 1. The van der Waals surface area contributed by atoms with E-state index in [1.54, 1.807) is 6.07 Å². The van der Waals surface area contributed by atoms with Crippen molar-refractivity contribution in [1.29, 1.82) is 5.26 Å². The summed E-state index contributed by atoms with van der Waals surface area (Å²) in [4.78, 5) is 14.6. The molecule has 2 aromatic rings. The molecule has 0 aliphatic carbocycles. The van der Waals surface area contributed by atoms with Crippen LogP contribution in [0.4, 0.5) is 19.0 Å². The number of halogens is 4. The van der Waals surface area contributed by atoms with Gasteiger partial charge in [0.2, 0.25) is 5.91 Å². The van der Waals surface area contributed by atoms with Crippen molar-refractivity contribution in [3.05, 3.63) is 34.6 Å². The van der Waals surface area contributed by atoms with Gasteiger partial charge in [0, 0.05) is 13.1 Å². The van der Waals surface area contributed by atoms with Crippen LogP contribution in [0, 0.1) is 11.3 Å². The Morgan fingerprint density at radius 3 is 2.68 bits per heavy atom. The van der Waals surface area contributed by atoms with Crippen LogP contribution in [-0.4, -0.2) is 20.7 Å². The van der Waals surface area contributed by atoms with E-state index in [1.165, 1.54) is 13.1 Å². The van der Waals surface area contributed by atoms with Crippen molar-refractivity contribution in [2.75, 3.05) is 5.32 Å². The van der Waals surface area contributed by atoms with Gasteiger partial charge >= 0.3 is 6.18 Å². The molecule has 0 radical (unpaired) electrons. The van der Waals surface area contributed by atoms with Crippen LogP contribution in [0.3, 0.4) is 0 Å². The highest BCUT2D eigenvalue weighted by molar-refractivity contribution is 6.32. The summed E-state index contributed by atoms with van der Waals surface area (Å²) in [5.74, 6) is -0.580. The summed E-state index contributed by atoms with van der Waals surface area (Å²) in [5.41, 5.74) is -0.982. The predicted molar refractivity (Wildman–Crippen MR) is 70.4 cm³/mol. The zero-order chi connectivity index (χ0) is 16.5. The maximum absolute atomic E-state index is 12.6. The molecule has 1 amide bonds. The number of pyridine rings is 1. The number of nitrogens with zero attached hydrogens (tertiary/aromatic N) is 4. The topological polar surface area (TPSA) is 83.6 Å². The summed E-state index contributed by atoms with van der Waals surface area (Å²) in [6, 6.07) is 2.50. The monoisotopic (exact) mass is 329 g/mol. The first-order valence-electron chi connectivity index (χ1n) is 5.73. The number of alkyl halides is 3. The molecular formula is C12H7ClF3N5O. The summed E-state index contributed by atoms with van der Waals surface area (Å²) in [6.45, 7) is 1.23. The second-order valence-corrected chi connectivity index (χ2v) is 4.56. The summed E-state index contributed by atoms with van der Waals surface area (Å²) in [7, 11) is 0. The van der Waals surface area contributed by atoms with Crippen molar-refractivity contribution in [2.45, 2.75) is 13.1 Å². The molecule has 22 heavy (non-hydrogen) atoms. The zero-order valence-electron chi connectivity index (χ0n) is 10.9. The first kappa shape index (κ1) is 15.8. The van der Waals surface area contributed by atoms with Gasteiger partial charge in [-0.3, -0.25) is 4.79 Å². The number of amides is 1. The minimum Gasteiger partial charge on any atom is -0.308 e. The lowest BCUT2D eigenvalue weighted by molar-refractivity contribution is -0.137. The Kier molecular flexibility index (Phi) is 4.05. The van der Waals surface area contributed by atoms with E-state index in [4.69, 9.17) is 16.9 Å². The molecule has 2 heterocycles. The average molecular weight is 330 g/mol. The van der Waals surface area contributed by atoms with E-state index >= 15 is 0 Å². The molecule has 0 unspecified atom stereocenters. The number of rotatable bonds is 2. The zero-order valence-corrected chi connectivity index (χ0v) is 11.7. The van der Waals surface area contributed by atoms with E-state index in [2.05, 4.69) is 15.4 Å². The van der Waals surface area contributed by atoms with E-state index in [0.717, 1.165) is 4.68 Å².